The molecule has 0 aliphatic heterocycles. The van der Waals surface area contributed by atoms with Crippen molar-refractivity contribution in [3.63, 3.8) is 0 Å². The number of halogens is 2. The standard InChI is InChI=1S/C7H6F2O.C4H6O2/c8-7(9)10-6-4-2-1-3-5-6;5-4(6)3-1-2-3/h1-5,7H;3H,1-2H2,(H,5,6). The van der Waals surface area contributed by atoms with Gasteiger partial charge in [0.2, 0.25) is 0 Å². The summed E-state index contributed by atoms with van der Waals surface area (Å²) in [6, 6.07) is 7.96. The number of carboxylic acid groups (broad SMARTS) is 1. The summed E-state index contributed by atoms with van der Waals surface area (Å²) in [7, 11) is 0. The van der Waals surface area contributed by atoms with Gasteiger partial charge in [-0.1, -0.05) is 18.2 Å². The number of hydrogen-bond acceptors (Lipinski definition) is 2. The van der Waals surface area contributed by atoms with Crippen molar-refractivity contribution in [1.82, 2.24) is 0 Å². The fourth-order valence-corrected chi connectivity index (χ4v) is 0.932. The second-order valence-corrected chi connectivity index (χ2v) is 3.30. The number of ether oxygens (including phenoxy) is 1. The number of carboxylic acids is 1. The first-order valence-corrected chi connectivity index (χ1v) is 4.82. The zero-order valence-electron chi connectivity index (χ0n) is 8.48. The first kappa shape index (κ1) is 12.4. The van der Waals surface area contributed by atoms with E-state index in [4.69, 9.17) is 5.11 Å². The molecule has 1 aliphatic rings. The van der Waals surface area contributed by atoms with Crippen LogP contribution in [-0.4, -0.2) is 17.7 Å². The lowest BCUT2D eigenvalue weighted by Gasteiger charge is -2.01. The minimum Gasteiger partial charge on any atom is -0.481 e. The van der Waals surface area contributed by atoms with E-state index in [1.807, 2.05) is 0 Å². The summed E-state index contributed by atoms with van der Waals surface area (Å²) in [6.07, 6.45) is 1.80. The van der Waals surface area contributed by atoms with Crippen LogP contribution in [0.15, 0.2) is 30.3 Å². The molecular weight excluding hydrogens is 218 g/mol. The first-order chi connectivity index (χ1) is 7.59. The third-order valence-electron chi connectivity index (χ3n) is 1.89. The Bertz CT molecular complexity index is 323. The van der Waals surface area contributed by atoms with E-state index in [1.54, 1.807) is 18.2 Å². The minimum absolute atomic E-state index is 0.0185. The third-order valence-corrected chi connectivity index (χ3v) is 1.89. The maximum absolute atomic E-state index is 11.5. The van der Waals surface area contributed by atoms with Crippen molar-refractivity contribution in [1.29, 1.82) is 0 Å². The number of benzene rings is 1. The van der Waals surface area contributed by atoms with Gasteiger partial charge in [0, 0.05) is 0 Å². The summed E-state index contributed by atoms with van der Waals surface area (Å²) in [5.41, 5.74) is 0. The van der Waals surface area contributed by atoms with Gasteiger partial charge in [0.05, 0.1) is 5.92 Å². The second kappa shape index (κ2) is 6.05. The van der Waals surface area contributed by atoms with E-state index < -0.39 is 12.6 Å². The predicted molar refractivity (Wildman–Crippen MR) is 53.4 cm³/mol. The molecule has 1 saturated carbocycles. The van der Waals surface area contributed by atoms with Crippen molar-refractivity contribution in [2.24, 2.45) is 5.92 Å². The van der Waals surface area contributed by atoms with Crippen LogP contribution < -0.4 is 4.74 Å². The zero-order valence-corrected chi connectivity index (χ0v) is 8.48. The summed E-state index contributed by atoms with van der Waals surface area (Å²) in [5.74, 6) is -0.419. The van der Waals surface area contributed by atoms with Crippen LogP contribution in [0.1, 0.15) is 12.8 Å². The highest BCUT2D eigenvalue weighted by Gasteiger charge is 2.28. The molecule has 3 nitrogen and oxygen atoms in total. The largest absolute Gasteiger partial charge is 0.481 e. The number of hydrogen-bond donors (Lipinski definition) is 1. The van der Waals surface area contributed by atoms with Crippen molar-refractivity contribution in [3.8, 4) is 5.75 Å². The van der Waals surface area contributed by atoms with E-state index in [0.717, 1.165) is 12.8 Å². The molecule has 5 heteroatoms. The molecule has 0 radical (unpaired) electrons. The molecule has 0 saturated heterocycles. The Balaban J connectivity index is 0.000000181. The lowest BCUT2D eigenvalue weighted by atomic mass is 10.3. The number of alkyl halides is 2. The van der Waals surface area contributed by atoms with Gasteiger partial charge >= 0.3 is 12.6 Å². The molecule has 0 aromatic heterocycles. The Hall–Kier alpha value is -1.65. The lowest BCUT2D eigenvalue weighted by molar-refractivity contribution is -0.138. The van der Waals surface area contributed by atoms with Gasteiger partial charge in [-0.15, -0.1) is 0 Å². The summed E-state index contributed by atoms with van der Waals surface area (Å²) < 4.78 is 27.1. The fourth-order valence-electron chi connectivity index (χ4n) is 0.932. The van der Waals surface area contributed by atoms with Gasteiger partial charge in [-0.05, 0) is 25.0 Å². The lowest BCUT2D eigenvalue weighted by Crippen LogP contribution is -2.00. The van der Waals surface area contributed by atoms with Gasteiger partial charge in [-0.2, -0.15) is 8.78 Å². The van der Waals surface area contributed by atoms with Gasteiger partial charge in [0.15, 0.2) is 0 Å². The number of aliphatic carboxylic acids is 1. The molecule has 0 heterocycles. The molecule has 2 rings (SSSR count). The quantitative estimate of drug-likeness (QED) is 0.868. The zero-order chi connectivity index (χ0) is 12.0. The van der Waals surface area contributed by atoms with E-state index in [-0.39, 0.29) is 11.7 Å². The maximum Gasteiger partial charge on any atom is 0.387 e. The van der Waals surface area contributed by atoms with Gasteiger partial charge in [-0.25, -0.2) is 0 Å². The van der Waals surface area contributed by atoms with Crippen LogP contribution in [0.3, 0.4) is 0 Å². The molecule has 16 heavy (non-hydrogen) atoms. The molecule has 1 fully saturated rings. The van der Waals surface area contributed by atoms with Crippen molar-refractivity contribution >= 4 is 5.97 Å². The number of carbonyl (C=O) groups is 1. The number of rotatable bonds is 3. The van der Waals surface area contributed by atoms with Gasteiger partial charge in [0.1, 0.15) is 5.75 Å². The van der Waals surface area contributed by atoms with Crippen LogP contribution in [0.25, 0.3) is 0 Å². The molecule has 1 N–H and O–H groups in total. The molecule has 1 aromatic carbocycles. The molecule has 0 atom stereocenters. The molecule has 1 aromatic rings. The van der Waals surface area contributed by atoms with E-state index >= 15 is 0 Å². The summed E-state index contributed by atoms with van der Waals surface area (Å²) in [4.78, 5) is 9.76. The highest BCUT2D eigenvalue weighted by molar-refractivity contribution is 5.72. The van der Waals surface area contributed by atoms with Gasteiger partial charge in [0.25, 0.3) is 0 Å². The SMILES string of the molecule is FC(F)Oc1ccccc1.O=C(O)C1CC1. The van der Waals surface area contributed by atoms with Crippen molar-refractivity contribution < 1.29 is 23.4 Å². The average Bonchev–Trinajstić information content (AvgIpc) is 3.02. The highest BCUT2D eigenvalue weighted by atomic mass is 19.3. The monoisotopic (exact) mass is 230 g/mol. The van der Waals surface area contributed by atoms with Crippen molar-refractivity contribution in [2.45, 2.75) is 19.5 Å². The smallest absolute Gasteiger partial charge is 0.387 e. The van der Waals surface area contributed by atoms with Gasteiger partial charge in [-0.3, -0.25) is 4.79 Å². The molecule has 88 valence electrons. The van der Waals surface area contributed by atoms with Crippen LogP contribution in [0, 0.1) is 5.92 Å². The van der Waals surface area contributed by atoms with Crippen molar-refractivity contribution in [2.75, 3.05) is 0 Å². The van der Waals surface area contributed by atoms with Crippen LogP contribution >= 0.6 is 0 Å². The molecular formula is C11H12F2O3. The minimum atomic E-state index is -2.73. The van der Waals surface area contributed by atoms with Crippen LogP contribution in [-0.2, 0) is 4.79 Å². The Morgan fingerprint density at radius 3 is 2.19 bits per heavy atom. The maximum atomic E-state index is 11.5. The molecule has 0 unspecified atom stereocenters. The Labute approximate surface area is 91.7 Å². The fraction of sp³-hybridized carbons (Fsp3) is 0.364. The summed E-state index contributed by atoms with van der Waals surface area (Å²) >= 11 is 0. The number of para-hydroxylation sites is 1. The Morgan fingerprint density at radius 2 is 1.88 bits per heavy atom. The average molecular weight is 230 g/mol. The molecule has 1 aliphatic carbocycles. The predicted octanol–water partition coefficient (Wildman–Crippen LogP) is 2.77. The van der Waals surface area contributed by atoms with E-state index in [2.05, 4.69) is 4.74 Å². The van der Waals surface area contributed by atoms with Crippen LogP contribution in [0.2, 0.25) is 0 Å². The van der Waals surface area contributed by atoms with E-state index in [0.29, 0.717) is 0 Å². The highest BCUT2D eigenvalue weighted by Crippen LogP contribution is 2.28. The van der Waals surface area contributed by atoms with Crippen molar-refractivity contribution in [3.05, 3.63) is 30.3 Å². The molecule has 0 spiro atoms. The second-order valence-electron chi connectivity index (χ2n) is 3.30. The normalized spacial score (nSPS) is 13.9. The topological polar surface area (TPSA) is 46.5 Å². The molecule has 0 amide bonds. The first-order valence-electron chi connectivity index (χ1n) is 4.82. The Morgan fingerprint density at radius 1 is 1.31 bits per heavy atom. The summed E-state index contributed by atoms with van der Waals surface area (Å²) in [5, 5.41) is 8.05. The van der Waals surface area contributed by atoms with Gasteiger partial charge < -0.3 is 9.84 Å². The third kappa shape index (κ3) is 5.29. The van der Waals surface area contributed by atoms with E-state index in [1.165, 1.54) is 12.1 Å². The molecule has 0 bridgehead atoms. The van der Waals surface area contributed by atoms with E-state index in [9.17, 15) is 13.6 Å². The Kier molecular flexibility index (Phi) is 4.69. The van der Waals surface area contributed by atoms with Crippen LogP contribution in [0.4, 0.5) is 8.78 Å². The summed E-state index contributed by atoms with van der Waals surface area (Å²) in [6.45, 7) is -2.73. The van der Waals surface area contributed by atoms with Crippen LogP contribution in [0.5, 0.6) is 5.75 Å².